The normalized spacial score (nSPS) is 13.2. The molecule has 128 valence electrons. The molecule has 0 fully saturated rings. The van der Waals surface area contributed by atoms with Crippen molar-refractivity contribution in [3.63, 3.8) is 0 Å². The molecule has 2 aromatic carbocycles. The van der Waals surface area contributed by atoms with E-state index < -0.39 is 0 Å². The molecular formula is C22H22O3. The molecule has 0 bridgehead atoms. The van der Waals surface area contributed by atoms with Crippen molar-refractivity contribution < 1.29 is 9.15 Å². The maximum absolute atomic E-state index is 12.2. The third-order valence-corrected chi connectivity index (χ3v) is 4.91. The van der Waals surface area contributed by atoms with Gasteiger partial charge in [0.05, 0.1) is 0 Å². The summed E-state index contributed by atoms with van der Waals surface area (Å²) < 4.78 is 11.7. The summed E-state index contributed by atoms with van der Waals surface area (Å²) in [5.41, 5.74) is 4.83. The minimum absolute atomic E-state index is 0.183. The summed E-state index contributed by atoms with van der Waals surface area (Å²) in [6, 6.07) is 14.2. The highest BCUT2D eigenvalue weighted by Gasteiger charge is 2.21. The zero-order valence-corrected chi connectivity index (χ0v) is 14.5. The number of ether oxygens (including phenoxy) is 1. The van der Waals surface area contributed by atoms with E-state index in [0.717, 1.165) is 54.4 Å². The number of fused-ring (bicyclic) bond motifs is 3. The fourth-order valence-corrected chi connectivity index (χ4v) is 3.69. The highest BCUT2D eigenvalue weighted by Crippen LogP contribution is 2.33. The predicted molar refractivity (Wildman–Crippen MR) is 99.3 cm³/mol. The van der Waals surface area contributed by atoms with Gasteiger partial charge in [-0.2, -0.15) is 0 Å². The average Bonchev–Trinajstić information content (AvgIpc) is 3.12. The van der Waals surface area contributed by atoms with Crippen LogP contribution < -0.4 is 10.4 Å². The molecule has 1 aliphatic carbocycles. The lowest BCUT2D eigenvalue weighted by molar-refractivity contribution is 0.302. The molecule has 25 heavy (non-hydrogen) atoms. The summed E-state index contributed by atoms with van der Waals surface area (Å²) in [5, 5.41) is 1.09. The van der Waals surface area contributed by atoms with Crippen molar-refractivity contribution in [3.05, 3.63) is 75.1 Å². The van der Waals surface area contributed by atoms with Crippen molar-refractivity contribution in [1.29, 1.82) is 0 Å². The van der Waals surface area contributed by atoms with E-state index >= 15 is 0 Å². The maximum Gasteiger partial charge on any atom is 0.339 e. The van der Waals surface area contributed by atoms with Gasteiger partial charge in [0, 0.05) is 17.0 Å². The molecule has 1 heterocycles. The largest absolute Gasteiger partial charge is 0.488 e. The second-order valence-corrected chi connectivity index (χ2v) is 6.68. The number of hydrogen-bond donors (Lipinski definition) is 0. The molecule has 1 aliphatic rings. The van der Waals surface area contributed by atoms with E-state index in [9.17, 15) is 4.79 Å². The van der Waals surface area contributed by atoms with Gasteiger partial charge in [0.25, 0.3) is 0 Å². The number of hydrogen-bond acceptors (Lipinski definition) is 3. The molecule has 0 aliphatic heterocycles. The highest BCUT2D eigenvalue weighted by molar-refractivity contribution is 5.84. The molecule has 0 saturated heterocycles. The molecule has 0 unspecified atom stereocenters. The third kappa shape index (κ3) is 3.07. The molecule has 3 aromatic rings. The van der Waals surface area contributed by atoms with Gasteiger partial charge >= 0.3 is 5.63 Å². The Morgan fingerprint density at radius 2 is 1.88 bits per heavy atom. The quantitative estimate of drug-likeness (QED) is 0.628. The summed E-state index contributed by atoms with van der Waals surface area (Å²) in [4.78, 5) is 12.2. The molecule has 0 saturated carbocycles. The molecule has 1 aromatic heterocycles. The Hall–Kier alpha value is -2.55. The second-order valence-electron chi connectivity index (χ2n) is 6.68. The summed E-state index contributed by atoms with van der Waals surface area (Å²) in [7, 11) is 0. The molecule has 0 N–H and O–H groups in total. The van der Waals surface area contributed by atoms with Crippen LogP contribution in [0.25, 0.3) is 11.0 Å². The van der Waals surface area contributed by atoms with Crippen LogP contribution in [0.4, 0.5) is 0 Å². The summed E-state index contributed by atoms with van der Waals surface area (Å²) in [5.74, 6) is 0.819. The van der Waals surface area contributed by atoms with Gasteiger partial charge in [0.2, 0.25) is 0 Å². The summed E-state index contributed by atoms with van der Waals surface area (Å²) in [6.07, 6.45) is 4.84. The third-order valence-electron chi connectivity index (χ3n) is 4.91. The van der Waals surface area contributed by atoms with Gasteiger partial charge in [0.15, 0.2) is 0 Å². The monoisotopic (exact) mass is 334 g/mol. The fourth-order valence-electron chi connectivity index (χ4n) is 3.69. The van der Waals surface area contributed by atoms with Crippen LogP contribution in [0.3, 0.4) is 0 Å². The van der Waals surface area contributed by atoms with Gasteiger partial charge in [-0.15, -0.1) is 0 Å². The van der Waals surface area contributed by atoms with Gasteiger partial charge in [-0.1, -0.05) is 43.7 Å². The highest BCUT2D eigenvalue weighted by atomic mass is 16.5. The van der Waals surface area contributed by atoms with Crippen LogP contribution in [0, 0.1) is 0 Å². The molecule has 0 spiro atoms. The van der Waals surface area contributed by atoms with Crippen molar-refractivity contribution >= 4 is 11.0 Å². The Morgan fingerprint density at radius 3 is 2.68 bits per heavy atom. The van der Waals surface area contributed by atoms with Crippen LogP contribution in [0.1, 0.15) is 42.0 Å². The lowest BCUT2D eigenvalue weighted by Crippen LogP contribution is -2.07. The zero-order valence-electron chi connectivity index (χ0n) is 14.5. The van der Waals surface area contributed by atoms with Crippen LogP contribution in [-0.2, 0) is 25.9 Å². The van der Waals surface area contributed by atoms with Crippen LogP contribution in [0.5, 0.6) is 5.75 Å². The topological polar surface area (TPSA) is 39.4 Å². The Labute approximate surface area is 147 Å². The molecule has 4 rings (SSSR count). The molecular weight excluding hydrogens is 312 g/mol. The molecule has 0 atom stereocenters. The smallest absolute Gasteiger partial charge is 0.339 e. The van der Waals surface area contributed by atoms with Crippen LogP contribution >= 0.6 is 0 Å². The van der Waals surface area contributed by atoms with E-state index in [-0.39, 0.29) is 5.63 Å². The SMILES string of the molecule is CCCc1cc2c3c(c(=O)oc2cc1OCc1ccccc1)CCC3. The van der Waals surface area contributed by atoms with Gasteiger partial charge in [-0.25, -0.2) is 4.79 Å². The lowest BCUT2D eigenvalue weighted by Gasteiger charge is -2.14. The lowest BCUT2D eigenvalue weighted by atomic mass is 10.0. The Balaban J connectivity index is 1.76. The van der Waals surface area contributed by atoms with Crippen molar-refractivity contribution in [2.45, 2.75) is 45.6 Å². The van der Waals surface area contributed by atoms with E-state index in [0.29, 0.717) is 12.2 Å². The van der Waals surface area contributed by atoms with Gasteiger partial charge in [-0.3, -0.25) is 0 Å². The molecule has 0 amide bonds. The average molecular weight is 334 g/mol. The van der Waals surface area contributed by atoms with Crippen molar-refractivity contribution in [3.8, 4) is 5.75 Å². The first kappa shape index (κ1) is 15.9. The summed E-state index contributed by atoms with van der Waals surface area (Å²) >= 11 is 0. The van der Waals surface area contributed by atoms with Crippen molar-refractivity contribution in [2.75, 3.05) is 0 Å². The van der Waals surface area contributed by atoms with Gasteiger partial charge in [0.1, 0.15) is 17.9 Å². The molecule has 3 heteroatoms. The molecule has 3 nitrogen and oxygen atoms in total. The minimum atomic E-state index is -0.183. The number of rotatable bonds is 5. The Morgan fingerprint density at radius 1 is 1.08 bits per heavy atom. The van der Waals surface area contributed by atoms with Crippen LogP contribution in [-0.4, -0.2) is 0 Å². The standard InChI is InChI=1S/C22H22O3/c1-2-7-16-12-19-17-10-6-11-18(17)22(23)25-21(19)13-20(16)24-14-15-8-4-3-5-9-15/h3-5,8-9,12-13H,2,6-7,10-11,14H2,1H3. The van der Waals surface area contributed by atoms with Gasteiger partial charge < -0.3 is 9.15 Å². The van der Waals surface area contributed by atoms with Gasteiger partial charge in [-0.05, 0) is 48.4 Å². The fraction of sp³-hybridized carbons (Fsp3) is 0.318. The number of aryl methyl sites for hydroxylation is 2. The first-order chi connectivity index (χ1) is 12.3. The first-order valence-corrected chi connectivity index (χ1v) is 9.04. The first-order valence-electron chi connectivity index (χ1n) is 9.04. The van der Waals surface area contributed by atoms with Crippen LogP contribution in [0.15, 0.2) is 51.7 Å². The summed E-state index contributed by atoms with van der Waals surface area (Å²) in [6.45, 7) is 2.68. The number of benzene rings is 2. The van der Waals surface area contributed by atoms with E-state index in [1.807, 2.05) is 36.4 Å². The second kappa shape index (κ2) is 6.75. The maximum atomic E-state index is 12.2. The zero-order chi connectivity index (χ0) is 17.2. The Bertz CT molecular complexity index is 954. The van der Waals surface area contributed by atoms with E-state index in [1.165, 1.54) is 11.1 Å². The Kier molecular flexibility index (Phi) is 4.31. The minimum Gasteiger partial charge on any atom is -0.488 e. The molecule has 0 radical (unpaired) electrons. The van der Waals surface area contributed by atoms with Crippen molar-refractivity contribution in [1.82, 2.24) is 0 Å². The van der Waals surface area contributed by atoms with Crippen LogP contribution in [0.2, 0.25) is 0 Å². The predicted octanol–water partition coefficient (Wildman–Crippen LogP) is 4.81. The van der Waals surface area contributed by atoms with E-state index in [2.05, 4.69) is 13.0 Å². The van der Waals surface area contributed by atoms with E-state index in [1.54, 1.807) is 0 Å². The van der Waals surface area contributed by atoms with E-state index in [4.69, 9.17) is 9.15 Å². The van der Waals surface area contributed by atoms with Crippen molar-refractivity contribution in [2.24, 2.45) is 0 Å².